The van der Waals surface area contributed by atoms with E-state index in [2.05, 4.69) is 51.3 Å². The molecule has 0 aliphatic carbocycles. The average molecular weight is 422 g/mol. The molecule has 0 amide bonds. The van der Waals surface area contributed by atoms with Crippen molar-refractivity contribution in [3.63, 3.8) is 0 Å². The summed E-state index contributed by atoms with van der Waals surface area (Å²) in [6.45, 7) is 4.32. The lowest BCUT2D eigenvalue weighted by molar-refractivity contribution is 0.391. The van der Waals surface area contributed by atoms with Crippen LogP contribution in [0.1, 0.15) is 42.6 Å². The lowest BCUT2D eigenvalue weighted by Gasteiger charge is -2.04. The molecule has 0 aliphatic heterocycles. The fourth-order valence-corrected chi connectivity index (χ4v) is 3.36. The second kappa shape index (κ2) is 9.04. The quantitative estimate of drug-likeness (QED) is 0.392. The van der Waals surface area contributed by atoms with Gasteiger partial charge in [0.2, 0.25) is 16.9 Å². The summed E-state index contributed by atoms with van der Waals surface area (Å²) in [4.78, 5) is 8.85. The maximum absolute atomic E-state index is 12.9. The number of hydrogen-bond acceptors (Lipinski definition) is 6. The van der Waals surface area contributed by atoms with E-state index >= 15 is 0 Å². The van der Waals surface area contributed by atoms with E-state index in [0.717, 1.165) is 11.1 Å². The lowest BCUT2D eigenvalue weighted by Crippen LogP contribution is -1.88. The third-order valence-corrected chi connectivity index (χ3v) is 5.25. The SMILES string of the molecule is CC(C)c1ccc(-c2noc(CSc3n[nH]c(/C=C/c4ccc(F)cc4)n3)n2)cc1. The molecule has 152 valence electrons. The van der Waals surface area contributed by atoms with E-state index in [1.807, 2.05) is 18.2 Å². The Morgan fingerprint density at radius 1 is 1.03 bits per heavy atom. The Hall–Kier alpha value is -3.26. The summed E-state index contributed by atoms with van der Waals surface area (Å²) in [6, 6.07) is 14.4. The maximum atomic E-state index is 12.9. The van der Waals surface area contributed by atoms with Crippen LogP contribution in [0.2, 0.25) is 0 Å². The number of aromatic nitrogens is 5. The zero-order valence-corrected chi connectivity index (χ0v) is 17.4. The van der Waals surface area contributed by atoms with Gasteiger partial charge in [-0.2, -0.15) is 4.98 Å². The first-order chi connectivity index (χ1) is 14.6. The molecule has 0 bridgehead atoms. The van der Waals surface area contributed by atoms with Crippen molar-refractivity contribution in [1.82, 2.24) is 25.3 Å². The topological polar surface area (TPSA) is 80.5 Å². The van der Waals surface area contributed by atoms with Gasteiger partial charge in [0.1, 0.15) is 11.6 Å². The second-order valence-electron chi connectivity index (χ2n) is 6.97. The number of aromatic amines is 1. The highest BCUT2D eigenvalue weighted by Gasteiger charge is 2.11. The van der Waals surface area contributed by atoms with Crippen molar-refractivity contribution in [3.8, 4) is 11.4 Å². The molecule has 4 rings (SSSR count). The van der Waals surface area contributed by atoms with Crippen molar-refractivity contribution < 1.29 is 8.91 Å². The zero-order valence-electron chi connectivity index (χ0n) is 16.5. The predicted octanol–water partition coefficient (Wildman–Crippen LogP) is 5.58. The van der Waals surface area contributed by atoms with Gasteiger partial charge in [0, 0.05) is 5.56 Å². The number of hydrogen-bond donors (Lipinski definition) is 1. The molecule has 0 fully saturated rings. The van der Waals surface area contributed by atoms with E-state index < -0.39 is 0 Å². The van der Waals surface area contributed by atoms with Crippen LogP contribution in [0.4, 0.5) is 4.39 Å². The molecule has 0 saturated carbocycles. The van der Waals surface area contributed by atoms with Gasteiger partial charge in [-0.1, -0.05) is 73.2 Å². The van der Waals surface area contributed by atoms with Crippen LogP contribution in [0.5, 0.6) is 0 Å². The summed E-state index contributed by atoms with van der Waals surface area (Å²) in [5.41, 5.74) is 3.07. The minimum absolute atomic E-state index is 0.262. The van der Waals surface area contributed by atoms with E-state index in [4.69, 9.17) is 4.52 Å². The molecule has 0 saturated heterocycles. The van der Waals surface area contributed by atoms with Gasteiger partial charge < -0.3 is 4.52 Å². The number of nitrogens with zero attached hydrogens (tertiary/aromatic N) is 4. The molecular formula is C22H20FN5OS. The minimum atomic E-state index is -0.262. The van der Waals surface area contributed by atoms with Crippen LogP contribution in [0.15, 0.2) is 58.2 Å². The zero-order chi connectivity index (χ0) is 20.9. The van der Waals surface area contributed by atoms with E-state index in [1.165, 1.54) is 29.5 Å². The molecule has 2 aromatic heterocycles. The first-order valence-corrected chi connectivity index (χ1v) is 10.5. The van der Waals surface area contributed by atoms with E-state index in [9.17, 15) is 4.39 Å². The number of halogens is 1. The summed E-state index contributed by atoms with van der Waals surface area (Å²) in [5.74, 6) is 2.37. The van der Waals surface area contributed by atoms with Gasteiger partial charge in [0.15, 0.2) is 0 Å². The molecule has 2 heterocycles. The Labute approximate surface area is 177 Å². The molecule has 1 N–H and O–H groups in total. The molecule has 8 heteroatoms. The fraction of sp³-hybridized carbons (Fsp3) is 0.182. The van der Waals surface area contributed by atoms with E-state index in [1.54, 1.807) is 18.2 Å². The van der Waals surface area contributed by atoms with Crippen molar-refractivity contribution in [1.29, 1.82) is 0 Å². The summed E-state index contributed by atoms with van der Waals surface area (Å²) >= 11 is 1.40. The standard InChI is InChI=1S/C22H20FN5OS/c1-14(2)16-6-8-17(9-7-16)21-25-20(29-28-21)13-30-22-24-19(26-27-22)12-5-15-3-10-18(23)11-4-15/h3-12,14H,13H2,1-2H3,(H,24,26,27)/b12-5+. The number of benzene rings is 2. The van der Waals surface area contributed by atoms with Crippen LogP contribution < -0.4 is 0 Å². The minimum Gasteiger partial charge on any atom is -0.338 e. The predicted molar refractivity (Wildman–Crippen MR) is 115 cm³/mol. The van der Waals surface area contributed by atoms with Crippen LogP contribution in [0, 0.1) is 5.82 Å². The average Bonchev–Trinajstić information content (AvgIpc) is 3.41. The molecule has 0 aliphatic rings. The summed E-state index contributed by atoms with van der Waals surface area (Å²) in [7, 11) is 0. The maximum Gasteiger partial charge on any atom is 0.237 e. The third-order valence-electron chi connectivity index (χ3n) is 4.41. The molecule has 0 atom stereocenters. The Morgan fingerprint density at radius 3 is 2.53 bits per heavy atom. The van der Waals surface area contributed by atoms with Crippen LogP contribution in [-0.4, -0.2) is 25.3 Å². The van der Waals surface area contributed by atoms with Gasteiger partial charge in [0.25, 0.3) is 0 Å². The molecule has 0 radical (unpaired) electrons. The van der Waals surface area contributed by atoms with Crippen molar-refractivity contribution >= 4 is 23.9 Å². The third kappa shape index (κ3) is 5.01. The lowest BCUT2D eigenvalue weighted by atomic mass is 10.0. The van der Waals surface area contributed by atoms with Gasteiger partial charge in [0.05, 0.1) is 5.75 Å². The van der Waals surface area contributed by atoms with Crippen LogP contribution in [-0.2, 0) is 5.75 Å². The Morgan fingerprint density at radius 2 is 1.80 bits per heavy atom. The summed E-state index contributed by atoms with van der Waals surface area (Å²) in [6.07, 6.45) is 3.62. The first kappa shape index (κ1) is 20.0. The second-order valence-corrected chi connectivity index (χ2v) is 7.91. The number of nitrogens with one attached hydrogen (secondary N) is 1. The summed E-state index contributed by atoms with van der Waals surface area (Å²) < 4.78 is 18.3. The van der Waals surface area contributed by atoms with Crippen molar-refractivity contribution in [2.24, 2.45) is 0 Å². The van der Waals surface area contributed by atoms with Crippen molar-refractivity contribution in [3.05, 3.63) is 77.2 Å². The Balaban J connectivity index is 1.35. The van der Waals surface area contributed by atoms with E-state index in [0.29, 0.717) is 34.4 Å². The Kier molecular flexibility index (Phi) is 6.04. The highest BCUT2D eigenvalue weighted by atomic mass is 32.2. The first-order valence-electron chi connectivity index (χ1n) is 9.48. The molecule has 4 aromatic rings. The van der Waals surface area contributed by atoms with Gasteiger partial charge in [-0.05, 0) is 35.3 Å². The van der Waals surface area contributed by atoms with E-state index in [-0.39, 0.29) is 5.82 Å². The number of rotatable bonds is 7. The highest BCUT2D eigenvalue weighted by molar-refractivity contribution is 7.98. The molecule has 30 heavy (non-hydrogen) atoms. The smallest absolute Gasteiger partial charge is 0.237 e. The van der Waals surface area contributed by atoms with Gasteiger partial charge in [-0.3, -0.25) is 5.10 Å². The molecule has 0 unspecified atom stereocenters. The fourth-order valence-electron chi connectivity index (χ4n) is 2.72. The molecular weight excluding hydrogens is 401 g/mol. The van der Waals surface area contributed by atoms with Gasteiger partial charge >= 0.3 is 0 Å². The molecule has 2 aromatic carbocycles. The van der Waals surface area contributed by atoms with Crippen molar-refractivity contribution in [2.45, 2.75) is 30.7 Å². The molecule has 0 spiro atoms. The normalized spacial score (nSPS) is 11.6. The van der Waals surface area contributed by atoms with Gasteiger partial charge in [-0.25, -0.2) is 9.37 Å². The van der Waals surface area contributed by atoms with Crippen LogP contribution in [0.25, 0.3) is 23.5 Å². The highest BCUT2D eigenvalue weighted by Crippen LogP contribution is 2.23. The number of thioether (sulfide) groups is 1. The largest absolute Gasteiger partial charge is 0.338 e. The monoisotopic (exact) mass is 421 g/mol. The Bertz CT molecular complexity index is 1130. The number of H-pyrrole nitrogens is 1. The van der Waals surface area contributed by atoms with Crippen molar-refractivity contribution in [2.75, 3.05) is 0 Å². The van der Waals surface area contributed by atoms with Crippen LogP contribution >= 0.6 is 11.8 Å². The van der Waals surface area contributed by atoms with Crippen LogP contribution in [0.3, 0.4) is 0 Å². The van der Waals surface area contributed by atoms with Gasteiger partial charge in [-0.15, -0.1) is 5.10 Å². The molecule has 6 nitrogen and oxygen atoms in total. The summed E-state index contributed by atoms with van der Waals surface area (Å²) in [5, 5.41) is 11.7.